The van der Waals surface area contributed by atoms with Crippen molar-refractivity contribution in [2.24, 2.45) is 0 Å². The molecule has 0 spiro atoms. The van der Waals surface area contributed by atoms with Crippen molar-refractivity contribution in [2.75, 3.05) is 0 Å². The highest BCUT2D eigenvalue weighted by atomic mass is 16.6. The van der Waals surface area contributed by atoms with Gasteiger partial charge >= 0.3 is 12.1 Å². The highest BCUT2D eigenvalue weighted by molar-refractivity contribution is 5.86. The van der Waals surface area contributed by atoms with Crippen LogP contribution in [0.2, 0.25) is 0 Å². The van der Waals surface area contributed by atoms with Crippen LogP contribution in [0.25, 0.3) is 0 Å². The summed E-state index contributed by atoms with van der Waals surface area (Å²) in [5, 5.41) is 2.45. The number of cyclic esters (lactones) is 1. The topological polar surface area (TPSA) is 64.6 Å². The molecule has 0 aromatic heterocycles. The van der Waals surface area contributed by atoms with Crippen LogP contribution in [0.3, 0.4) is 0 Å². The Hall–Kier alpha value is -2.04. The fourth-order valence-electron chi connectivity index (χ4n) is 1.51. The lowest BCUT2D eigenvalue weighted by atomic mass is 10.1. The lowest BCUT2D eigenvalue weighted by molar-refractivity contribution is -0.174. The second-order valence-corrected chi connectivity index (χ2v) is 3.83. The van der Waals surface area contributed by atoms with E-state index in [1.165, 1.54) is 0 Å². The van der Waals surface area contributed by atoms with Gasteiger partial charge in [0.25, 0.3) is 0 Å². The van der Waals surface area contributed by atoms with E-state index in [4.69, 9.17) is 9.47 Å². The van der Waals surface area contributed by atoms with Crippen molar-refractivity contribution < 1.29 is 19.1 Å². The third-order valence-corrected chi connectivity index (χ3v) is 2.51. The lowest BCUT2D eigenvalue weighted by Crippen LogP contribution is -2.58. The number of benzene rings is 1. The molecule has 17 heavy (non-hydrogen) atoms. The Morgan fingerprint density at radius 1 is 1.41 bits per heavy atom. The average Bonchev–Trinajstić information content (AvgIpc) is 2.35. The zero-order chi connectivity index (χ0) is 12.3. The molecule has 0 bridgehead atoms. The molecule has 1 amide bonds. The molecule has 2 rings (SSSR count). The second-order valence-electron chi connectivity index (χ2n) is 3.83. The number of carbonyl (C=O) groups excluding carboxylic acids is 2. The van der Waals surface area contributed by atoms with Gasteiger partial charge < -0.3 is 14.8 Å². The lowest BCUT2D eigenvalue weighted by Gasteiger charge is -2.32. The summed E-state index contributed by atoms with van der Waals surface area (Å²) >= 11 is 0. The van der Waals surface area contributed by atoms with E-state index in [9.17, 15) is 9.59 Å². The molecule has 0 aliphatic carbocycles. The summed E-state index contributed by atoms with van der Waals surface area (Å²) in [4.78, 5) is 22.3. The van der Waals surface area contributed by atoms with Crippen LogP contribution >= 0.6 is 0 Å². The van der Waals surface area contributed by atoms with Gasteiger partial charge in [-0.3, -0.25) is 0 Å². The quantitative estimate of drug-likeness (QED) is 0.800. The van der Waals surface area contributed by atoms with Crippen LogP contribution in [0.15, 0.2) is 30.3 Å². The van der Waals surface area contributed by atoms with Crippen LogP contribution in [0.1, 0.15) is 12.5 Å². The Morgan fingerprint density at radius 3 is 2.71 bits per heavy atom. The van der Waals surface area contributed by atoms with Gasteiger partial charge in [-0.1, -0.05) is 30.3 Å². The van der Waals surface area contributed by atoms with Crippen LogP contribution in [0, 0.1) is 0 Å². The zero-order valence-electron chi connectivity index (χ0n) is 9.38. The molecule has 0 unspecified atom stereocenters. The molecule has 1 aliphatic heterocycles. The highest BCUT2D eigenvalue weighted by Gasteiger charge is 2.40. The minimum atomic E-state index is -0.609. The van der Waals surface area contributed by atoms with E-state index in [1.54, 1.807) is 6.92 Å². The Balaban J connectivity index is 1.76. The van der Waals surface area contributed by atoms with Gasteiger partial charge in [-0.25, -0.2) is 9.59 Å². The molecule has 1 heterocycles. The fourth-order valence-corrected chi connectivity index (χ4v) is 1.51. The van der Waals surface area contributed by atoms with Crippen LogP contribution in [0.4, 0.5) is 4.79 Å². The van der Waals surface area contributed by atoms with E-state index in [1.807, 2.05) is 30.3 Å². The first-order valence-corrected chi connectivity index (χ1v) is 5.34. The van der Waals surface area contributed by atoms with Gasteiger partial charge in [-0.05, 0) is 12.5 Å². The van der Waals surface area contributed by atoms with Crippen LogP contribution < -0.4 is 5.32 Å². The summed E-state index contributed by atoms with van der Waals surface area (Å²) in [6, 6.07) is 8.74. The number of carbonyl (C=O) groups is 2. The molecule has 1 N–H and O–H groups in total. The molecule has 1 aliphatic rings. The molecule has 1 saturated heterocycles. The maximum absolute atomic E-state index is 11.4. The standard InChI is InChI=1S/C12H13NO4/c1-8-10(11(14)17-8)13-12(15)16-7-9-5-3-2-4-6-9/h2-6,8,10H,7H2,1H3,(H,13,15)/t8-,10-/m1/s1. The number of hydrogen-bond acceptors (Lipinski definition) is 4. The number of hydrogen-bond donors (Lipinski definition) is 1. The van der Waals surface area contributed by atoms with E-state index < -0.39 is 18.1 Å². The first-order chi connectivity index (χ1) is 8.16. The van der Waals surface area contributed by atoms with Gasteiger partial charge in [0.05, 0.1) is 0 Å². The van der Waals surface area contributed by atoms with Gasteiger partial charge in [0.15, 0.2) is 6.04 Å². The van der Waals surface area contributed by atoms with Crippen LogP contribution in [-0.4, -0.2) is 24.2 Å². The first kappa shape index (κ1) is 11.4. The van der Waals surface area contributed by atoms with Crippen molar-refractivity contribution in [1.29, 1.82) is 0 Å². The second kappa shape index (κ2) is 4.86. The normalized spacial score (nSPS) is 22.3. The SMILES string of the molecule is C[C@H]1OC(=O)[C@@H]1NC(=O)OCc1ccccc1. The molecule has 5 nitrogen and oxygen atoms in total. The molecule has 2 atom stereocenters. The summed E-state index contributed by atoms with van der Waals surface area (Å²) in [5.74, 6) is -0.422. The van der Waals surface area contributed by atoms with E-state index in [2.05, 4.69) is 5.32 Å². The van der Waals surface area contributed by atoms with Gasteiger partial charge in [0, 0.05) is 0 Å². The fraction of sp³-hybridized carbons (Fsp3) is 0.333. The van der Waals surface area contributed by atoms with Crippen molar-refractivity contribution in [2.45, 2.75) is 25.7 Å². The van der Waals surface area contributed by atoms with Gasteiger partial charge in [-0.2, -0.15) is 0 Å². The van der Waals surface area contributed by atoms with Gasteiger partial charge in [0.2, 0.25) is 0 Å². The number of nitrogens with one attached hydrogen (secondary N) is 1. The number of alkyl carbamates (subject to hydrolysis) is 1. The number of esters is 1. The molecule has 1 aromatic rings. The largest absolute Gasteiger partial charge is 0.458 e. The number of rotatable bonds is 3. The third-order valence-electron chi connectivity index (χ3n) is 2.51. The number of ether oxygens (including phenoxy) is 2. The molecule has 1 aromatic carbocycles. The summed E-state index contributed by atoms with van der Waals surface area (Å²) < 4.78 is 9.68. The first-order valence-electron chi connectivity index (χ1n) is 5.34. The molecule has 0 radical (unpaired) electrons. The summed E-state index contributed by atoms with van der Waals surface area (Å²) in [7, 11) is 0. The van der Waals surface area contributed by atoms with Crippen molar-refractivity contribution in [1.82, 2.24) is 5.32 Å². The molecule has 1 fully saturated rings. The molecule has 5 heteroatoms. The Kier molecular flexibility index (Phi) is 3.27. The van der Waals surface area contributed by atoms with Crippen molar-refractivity contribution in [3.8, 4) is 0 Å². The Morgan fingerprint density at radius 2 is 2.12 bits per heavy atom. The zero-order valence-corrected chi connectivity index (χ0v) is 9.38. The highest BCUT2D eigenvalue weighted by Crippen LogP contribution is 2.13. The maximum Gasteiger partial charge on any atom is 0.408 e. The minimum absolute atomic E-state index is 0.183. The summed E-state index contributed by atoms with van der Waals surface area (Å²) in [5.41, 5.74) is 0.895. The average molecular weight is 235 g/mol. The van der Waals surface area contributed by atoms with E-state index in [0.717, 1.165) is 5.56 Å². The van der Waals surface area contributed by atoms with E-state index >= 15 is 0 Å². The van der Waals surface area contributed by atoms with Crippen LogP contribution in [0.5, 0.6) is 0 Å². The summed E-state index contributed by atoms with van der Waals surface area (Å²) in [6.45, 7) is 1.90. The smallest absolute Gasteiger partial charge is 0.408 e. The Labute approximate surface area is 98.7 Å². The predicted molar refractivity (Wildman–Crippen MR) is 59.1 cm³/mol. The van der Waals surface area contributed by atoms with Crippen molar-refractivity contribution >= 4 is 12.1 Å². The van der Waals surface area contributed by atoms with Gasteiger partial charge in [-0.15, -0.1) is 0 Å². The van der Waals surface area contributed by atoms with E-state index in [0.29, 0.717) is 0 Å². The third kappa shape index (κ3) is 2.75. The monoisotopic (exact) mass is 235 g/mol. The van der Waals surface area contributed by atoms with Crippen LogP contribution in [-0.2, 0) is 20.9 Å². The number of amides is 1. The Bertz CT molecular complexity index is 418. The predicted octanol–water partition coefficient (Wildman–Crippen LogP) is 1.23. The molecule has 90 valence electrons. The van der Waals surface area contributed by atoms with Crippen molar-refractivity contribution in [3.63, 3.8) is 0 Å². The molecular weight excluding hydrogens is 222 g/mol. The van der Waals surface area contributed by atoms with Crippen molar-refractivity contribution in [3.05, 3.63) is 35.9 Å². The van der Waals surface area contributed by atoms with Gasteiger partial charge in [0.1, 0.15) is 12.7 Å². The molecular formula is C12H13NO4. The minimum Gasteiger partial charge on any atom is -0.458 e. The maximum atomic E-state index is 11.4. The van der Waals surface area contributed by atoms with E-state index in [-0.39, 0.29) is 12.7 Å². The molecule has 0 saturated carbocycles. The summed E-state index contributed by atoms with van der Waals surface area (Å²) in [6.07, 6.45) is -0.894.